The van der Waals surface area contributed by atoms with E-state index in [-0.39, 0.29) is 36.8 Å². The Bertz CT molecular complexity index is 497. The van der Waals surface area contributed by atoms with Crippen molar-refractivity contribution in [2.24, 2.45) is 0 Å². The van der Waals surface area contributed by atoms with Crippen molar-refractivity contribution in [2.45, 2.75) is 32.7 Å². The predicted molar refractivity (Wildman–Crippen MR) is 91.1 cm³/mol. The van der Waals surface area contributed by atoms with Crippen molar-refractivity contribution in [1.82, 2.24) is 10.2 Å². The number of halogens is 2. The summed E-state index contributed by atoms with van der Waals surface area (Å²) in [5, 5.41) is 13.2. The molecule has 2 rings (SSSR count). The van der Waals surface area contributed by atoms with Crippen molar-refractivity contribution in [2.75, 3.05) is 12.4 Å². The molecule has 0 saturated heterocycles. The minimum Gasteiger partial charge on any atom is -0.343 e. The summed E-state index contributed by atoms with van der Waals surface area (Å²) in [6.45, 7) is 3.90. The van der Waals surface area contributed by atoms with Crippen molar-refractivity contribution >= 4 is 42.5 Å². The van der Waals surface area contributed by atoms with Crippen molar-refractivity contribution in [3.05, 3.63) is 29.3 Å². The second-order valence-electron chi connectivity index (χ2n) is 5.04. The number of guanidine groups is 1. The highest BCUT2D eigenvalue weighted by Gasteiger charge is 2.28. The molecule has 1 aromatic rings. The van der Waals surface area contributed by atoms with Crippen LogP contribution in [-0.4, -0.2) is 30.0 Å². The third kappa shape index (κ3) is 5.10. The fourth-order valence-electron chi connectivity index (χ4n) is 2.00. The largest absolute Gasteiger partial charge is 0.343 e. The van der Waals surface area contributed by atoms with Crippen LogP contribution in [0.25, 0.3) is 0 Å². The molecule has 2 amide bonds. The van der Waals surface area contributed by atoms with Gasteiger partial charge in [-0.3, -0.25) is 10.7 Å². The Morgan fingerprint density at radius 1 is 1.24 bits per heavy atom. The highest BCUT2D eigenvalue weighted by atomic mass is 35.5. The molecule has 0 atom stereocenters. The van der Waals surface area contributed by atoms with Gasteiger partial charge in [-0.15, -0.1) is 24.8 Å². The first-order valence-electron chi connectivity index (χ1n) is 6.44. The van der Waals surface area contributed by atoms with Gasteiger partial charge in [-0.2, -0.15) is 0 Å². The van der Waals surface area contributed by atoms with Crippen molar-refractivity contribution in [3.63, 3.8) is 0 Å². The third-order valence-corrected chi connectivity index (χ3v) is 3.40. The molecule has 21 heavy (non-hydrogen) atoms. The number of urea groups is 1. The first-order chi connectivity index (χ1) is 8.99. The zero-order valence-electron chi connectivity index (χ0n) is 12.4. The Kier molecular flexibility index (Phi) is 7.53. The second kappa shape index (κ2) is 8.10. The standard InChI is InChI=1S/C14H20N4O.2ClH/c1-9-5-4-6-10(2)12(9)16-14(19)17-13(15)18(3)11-7-8-11;;/h4-6,11H,7-8H2,1-3H3,(H3,15,16,17,19);2*1H. The van der Waals surface area contributed by atoms with Crippen molar-refractivity contribution < 1.29 is 4.79 Å². The van der Waals surface area contributed by atoms with E-state index in [2.05, 4.69) is 10.6 Å². The molecule has 1 aliphatic carbocycles. The smallest absolute Gasteiger partial charge is 0.326 e. The Morgan fingerprint density at radius 3 is 2.24 bits per heavy atom. The number of para-hydroxylation sites is 1. The maximum absolute atomic E-state index is 11.9. The van der Waals surface area contributed by atoms with Crippen LogP contribution < -0.4 is 10.6 Å². The molecule has 1 aliphatic rings. The molecule has 0 bridgehead atoms. The van der Waals surface area contributed by atoms with Gasteiger partial charge in [0.25, 0.3) is 0 Å². The van der Waals surface area contributed by atoms with Gasteiger partial charge in [0.15, 0.2) is 5.96 Å². The van der Waals surface area contributed by atoms with Crippen molar-refractivity contribution in [1.29, 1.82) is 5.41 Å². The number of nitrogens with one attached hydrogen (secondary N) is 3. The molecule has 0 radical (unpaired) electrons. The van der Waals surface area contributed by atoms with Crippen LogP contribution in [0.1, 0.15) is 24.0 Å². The Labute approximate surface area is 137 Å². The number of carbonyl (C=O) groups excluding carboxylic acids is 1. The number of carbonyl (C=O) groups is 1. The molecular weight excluding hydrogens is 311 g/mol. The highest BCUT2D eigenvalue weighted by Crippen LogP contribution is 2.25. The maximum Gasteiger partial charge on any atom is 0.326 e. The van der Waals surface area contributed by atoms with E-state index in [1.807, 2.05) is 39.1 Å². The summed E-state index contributed by atoms with van der Waals surface area (Å²) in [7, 11) is 1.83. The molecule has 1 saturated carbocycles. The van der Waals surface area contributed by atoms with E-state index in [0.717, 1.165) is 29.7 Å². The van der Waals surface area contributed by atoms with Crippen molar-refractivity contribution in [3.8, 4) is 0 Å². The first kappa shape index (κ1) is 19.5. The average Bonchev–Trinajstić information content (AvgIpc) is 3.17. The van der Waals surface area contributed by atoms with Gasteiger partial charge in [-0.05, 0) is 37.8 Å². The fourth-order valence-corrected chi connectivity index (χ4v) is 2.00. The molecule has 3 N–H and O–H groups in total. The zero-order valence-corrected chi connectivity index (χ0v) is 14.0. The molecule has 1 fully saturated rings. The molecule has 118 valence electrons. The molecular formula is C14H22Cl2N4O. The summed E-state index contributed by atoms with van der Waals surface area (Å²) in [5.41, 5.74) is 2.83. The summed E-state index contributed by atoms with van der Waals surface area (Å²) in [5.74, 6) is 0.145. The molecule has 0 aliphatic heterocycles. The average molecular weight is 333 g/mol. The third-order valence-electron chi connectivity index (χ3n) is 3.40. The van der Waals surface area contributed by atoms with Gasteiger partial charge in [0.05, 0.1) is 0 Å². The van der Waals surface area contributed by atoms with Gasteiger partial charge in [0, 0.05) is 18.8 Å². The quantitative estimate of drug-likeness (QED) is 0.574. The Morgan fingerprint density at radius 2 is 1.76 bits per heavy atom. The number of amides is 2. The van der Waals surface area contributed by atoms with Gasteiger partial charge in [-0.25, -0.2) is 4.79 Å². The van der Waals surface area contributed by atoms with E-state index >= 15 is 0 Å². The number of benzene rings is 1. The topological polar surface area (TPSA) is 68.2 Å². The van der Waals surface area contributed by atoms with Crippen LogP contribution in [0.2, 0.25) is 0 Å². The predicted octanol–water partition coefficient (Wildman–Crippen LogP) is 3.30. The summed E-state index contributed by atoms with van der Waals surface area (Å²) in [6, 6.07) is 5.90. The number of hydrogen-bond acceptors (Lipinski definition) is 2. The van der Waals surface area contributed by atoms with Crippen LogP contribution in [-0.2, 0) is 0 Å². The van der Waals surface area contributed by atoms with E-state index in [9.17, 15) is 4.79 Å². The molecule has 1 aromatic carbocycles. The van der Waals surface area contributed by atoms with E-state index in [1.54, 1.807) is 4.90 Å². The highest BCUT2D eigenvalue weighted by molar-refractivity contribution is 6.02. The SMILES string of the molecule is Cc1cccc(C)c1NC(=O)NC(=N)N(C)C1CC1.Cl.Cl. The van der Waals surface area contributed by atoms with E-state index in [0.29, 0.717) is 6.04 Å². The number of aryl methyl sites for hydroxylation is 2. The molecule has 7 heteroatoms. The van der Waals surface area contributed by atoms with Crippen LogP contribution in [0.3, 0.4) is 0 Å². The van der Waals surface area contributed by atoms with Gasteiger partial charge < -0.3 is 10.2 Å². The molecule has 0 unspecified atom stereocenters. The van der Waals surface area contributed by atoms with Crippen LogP contribution >= 0.6 is 24.8 Å². The normalized spacial score (nSPS) is 12.5. The lowest BCUT2D eigenvalue weighted by Crippen LogP contribution is -2.44. The monoisotopic (exact) mass is 332 g/mol. The first-order valence-corrected chi connectivity index (χ1v) is 6.44. The van der Waals surface area contributed by atoms with Crippen LogP contribution in [0.4, 0.5) is 10.5 Å². The number of nitrogens with zero attached hydrogens (tertiary/aromatic N) is 1. The van der Waals surface area contributed by atoms with E-state index in [4.69, 9.17) is 5.41 Å². The summed E-state index contributed by atoms with van der Waals surface area (Å²) in [4.78, 5) is 13.7. The van der Waals surface area contributed by atoms with E-state index in [1.165, 1.54) is 0 Å². The minimum absolute atomic E-state index is 0. The van der Waals surface area contributed by atoms with Crippen LogP contribution in [0, 0.1) is 19.3 Å². The van der Waals surface area contributed by atoms with Gasteiger partial charge >= 0.3 is 6.03 Å². The van der Waals surface area contributed by atoms with Gasteiger partial charge in [0.1, 0.15) is 0 Å². The number of rotatable bonds is 2. The maximum atomic E-state index is 11.9. The van der Waals surface area contributed by atoms with Gasteiger partial charge in [0.2, 0.25) is 0 Å². The second-order valence-corrected chi connectivity index (χ2v) is 5.04. The van der Waals surface area contributed by atoms with E-state index < -0.39 is 0 Å². The lowest BCUT2D eigenvalue weighted by atomic mass is 10.1. The summed E-state index contributed by atoms with van der Waals surface area (Å²) in [6.07, 6.45) is 2.19. The lowest BCUT2D eigenvalue weighted by molar-refractivity contribution is 0.254. The summed E-state index contributed by atoms with van der Waals surface area (Å²) >= 11 is 0. The zero-order chi connectivity index (χ0) is 14.0. The summed E-state index contributed by atoms with van der Waals surface area (Å²) < 4.78 is 0. The Hall–Kier alpha value is -1.46. The van der Waals surface area contributed by atoms with Crippen LogP contribution in [0.5, 0.6) is 0 Å². The minimum atomic E-state index is -0.366. The number of anilines is 1. The molecule has 5 nitrogen and oxygen atoms in total. The molecule has 0 heterocycles. The lowest BCUT2D eigenvalue weighted by Gasteiger charge is -2.20. The molecule has 0 spiro atoms. The van der Waals surface area contributed by atoms with Crippen LogP contribution in [0.15, 0.2) is 18.2 Å². The van der Waals surface area contributed by atoms with Gasteiger partial charge in [-0.1, -0.05) is 18.2 Å². The fraction of sp³-hybridized carbons (Fsp3) is 0.429. The molecule has 0 aromatic heterocycles. The Balaban J connectivity index is 0.00000200. The number of hydrogen-bond donors (Lipinski definition) is 3.